The lowest BCUT2D eigenvalue weighted by molar-refractivity contribution is -0.301. The van der Waals surface area contributed by atoms with E-state index in [-0.39, 0.29) is 25.9 Å². The number of esters is 3. The van der Waals surface area contributed by atoms with Crippen LogP contribution < -0.4 is 0 Å². The van der Waals surface area contributed by atoms with E-state index in [4.69, 9.17) is 23.7 Å². The molecule has 0 aromatic rings. The summed E-state index contributed by atoms with van der Waals surface area (Å²) in [5, 5.41) is 31.4. The van der Waals surface area contributed by atoms with Crippen LogP contribution in [0.3, 0.4) is 0 Å². The second-order valence-corrected chi connectivity index (χ2v) is 21.0. The molecule has 1 saturated heterocycles. The van der Waals surface area contributed by atoms with E-state index in [0.717, 1.165) is 57.8 Å². The van der Waals surface area contributed by atoms with Gasteiger partial charge in [0.25, 0.3) is 0 Å². The number of carboxylic acids is 1. The van der Waals surface area contributed by atoms with Crippen molar-refractivity contribution in [2.45, 2.75) is 340 Å². The number of aliphatic carboxylic acids is 1. The van der Waals surface area contributed by atoms with Crippen LogP contribution in [-0.4, -0.2) is 89.2 Å². The Hall–Kier alpha value is -2.28. The Bertz CT molecular complexity index is 1250. The van der Waals surface area contributed by atoms with Crippen LogP contribution in [0.1, 0.15) is 303 Å². The smallest absolute Gasteiger partial charge is 0.335 e. The minimum Gasteiger partial charge on any atom is -0.479 e. The summed E-state index contributed by atoms with van der Waals surface area (Å²) in [6.45, 7) is 6.01. The van der Waals surface area contributed by atoms with Gasteiger partial charge in [-0.1, -0.05) is 265 Å². The molecular formula is C59H110O12. The molecule has 1 aliphatic heterocycles. The quantitative estimate of drug-likeness (QED) is 0.0299. The number of carbonyl (C=O) groups is 4. The number of rotatable bonds is 52. The zero-order valence-electron chi connectivity index (χ0n) is 46.0. The normalized spacial score (nSPS) is 18.4. The summed E-state index contributed by atoms with van der Waals surface area (Å²) in [5.41, 5.74) is 0. The summed E-state index contributed by atoms with van der Waals surface area (Å²) in [7, 11) is 0. The molecule has 0 amide bonds. The van der Waals surface area contributed by atoms with Gasteiger partial charge in [0.15, 0.2) is 24.6 Å². The highest BCUT2D eigenvalue weighted by Crippen LogP contribution is 2.27. The average Bonchev–Trinajstić information content (AvgIpc) is 3.35. The highest BCUT2D eigenvalue weighted by molar-refractivity contribution is 5.74. The molecule has 0 aliphatic carbocycles. The van der Waals surface area contributed by atoms with Crippen molar-refractivity contribution < 1.29 is 58.2 Å². The molecule has 6 atom stereocenters. The Labute approximate surface area is 433 Å². The topological polar surface area (TPSA) is 175 Å². The first-order valence-electron chi connectivity index (χ1n) is 30.0. The highest BCUT2D eigenvalue weighted by atomic mass is 16.7. The minimum absolute atomic E-state index is 0.0708. The van der Waals surface area contributed by atoms with Gasteiger partial charge in [0.05, 0.1) is 6.61 Å². The van der Waals surface area contributed by atoms with Gasteiger partial charge in [0, 0.05) is 19.3 Å². The summed E-state index contributed by atoms with van der Waals surface area (Å²) < 4.78 is 28.4. The maximum Gasteiger partial charge on any atom is 0.335 e. The van der Waals surface area contributed by atoms with Gasteiger partial charge in [-0.05, 0) is 19.3 Å². The minimum atomic E-state index is -1.89. The van der Waals surface area contributed by atoms with Gasteiger partial charge in [0.2, 0.25) is 0 Å². The van der Waals surface area contributed by atoms with Crippen LogP contribution in [0.2, 0.25) is 0 Å². The molecular weight excluding hydrogens is 901 g/mol. The number of aliphatic hydroxyl groups is 2. The number of carbonyl (C=O) groups excluding carboxylic acids is 3. The zero-order valence-corrected chi connectivity index (χ0v) is 46.0. The van der Waals surface area contributed by atoms with E-state index >= 15 is 0 Å². The number of hydrogen-bond acceptors (Lipinski definition) is 11. The summed E-state index contributed by atoms with van der Waals surface area (Å²) in [5.74, 6) is -3.07. The van der Waals surface area contributed by atoms with Crippen molar-refractivity contribution in [2.24, 2.45) is 0 Å². The standard InChI is InChI=1S/C59H110O12/c1-4-7-10-13-16-19-21-23-25-26-28-30-32-35-38-41-44-47-53(62)70-57-55(64)54(63)56(58(65)66)71-59(57)68-49-50(69-52(61)46-43-40-37-33-18-15-12-9-6-3)48-67-51(60)45-42-39-36-34-31-29-27-24-22-20-17-14-11-8-5-2/h50,54-57,59,63-64H,4-49H2,1-3H3,(H,65,66). The molecule has 1 fully saturated rings. The van der Waals surface area contributed by atoms with Crippen LogP contribution in [0.5, 0.6) is 0 Å². The van der Waals surface area contributed by atoms with E-state index in [9.17, 15) is 34.5 Å². The Morgan fingerprint density at radius 2 is 0.718 bits per heavy atom. The van der Waals surface area contributed by atoms with Gasteiger partial charge in [-0.25, -0.2) is 4.79 Å². The maximum atomic E-state index is 13.1. The summed E-state index contributed by atoms with van der Waals surface area (Å²) >= 11 is 0. The average molecular weight is 1010 g/mol. The monoisotopic (exact) mass is 1010 g/mol. The number of unbranched alkanes of at least 4 members (excludes halogenated alkanes) is 38. The molecule has 6 unspecified atom stereocenters. The zero-order chi connectivity index (χ0) is 51.8. The molecule has 71 heavy (non-hydrogen) atoms. The molecule has 0 bridgehead atoms. The van der Waals surface area contributed by atoms with Crippen molar-refractivity contribution in [3.63, 3.8) is 0 Å². The van der Waals surface area contributed by atoms with Crippen LogP contribution in [-0.2, 0) is 42.9 Å². The second kappa shape index (κ2) is 48.6. The first-order chi connectivity index (χ1) is 34.6. The fraction of sp³-hybridized carbons (Fsp3) is 0.932. The molecule has 12 heteroatoms. The summed E-state index contributed by atoms with van der Waals surface area (Å²) in [6, 6.07) is 0. The molecule has 1 rings (SSSR count). The fourth-order valence-corrected chi connectivity index (χ4v) is 9.55. The van der Waals surface area contributed by atoms with Gasteiger partial charge in [0.1, 0.15) is 18.8 Å². The third-order valence-electron chi connectivity index (χ3n) is 14.2. The van der Waals surface area contributed by atoms with Gasteiger partial charge < -0.3 is 39.0 Å². The molecule has 0 aromatic carbocycles. The van der Waals surface area contributed by atoms with Crippen molar-refractivity contribution in [3.05, 3.63) is 0 Å². The van der Waals surface area contributed by atoms with Gasteiger partial charge >= 0.3 is 23.9 Å². The number of aliphatic hydroxyl groups excluding tert-OH is 2. The van der Waals surface area contributed by atoms with Crippen LogP contribution in [0.25, 0.3) is 0 Å². The number of hydrogen-bond donors (Lipinski definition) is 3. The van der Waals surface area contributed by atoms with Crippen molar-refractivity contribution >= 4 is 23.9 Å². The Morgan fingerprint density at radius 3 is 1.06 bits per heavy atom. The molecule has 418 valence electrons. The van der Waals surface area contributed by atoms with E-state index in [1.54, 1.807) is 0 Å². The van der Waals surface area contributed by atoms with Gasteiger partial charge in [-0.3, -0.25) is 14.4 Å². The first kappa shape index (κ1) is 66.7. The van der Waals surface area contributed by atoms with Crippen LogP contribution >= 0.6 is 0 Å². The lowest BCUT2D eigenvalue weighted by Crippen LogP contribution is -2.61. The summed E-state index contributed by atoms with van der Waals surface area (Å²) in [6.07, 6.45) is 39.4. The lowest BCUT2D eigenvalue weighted by Gasteiger charge is -2.40. The van der Waals surface area contributed by atoms with Crippen molar-refractivity contribution in [2.75, 3.05) is 13.2 Å². The van der Waals surface area contributed by atoms with Crippen molar-refractivity contribution in [3.8, 4) is 0 Å². The second-order valence-electron chi connectivity index (χ2n) is 21.0. The van der Waals surface area contributed by atoms with Crippen LogP contribution in [0.15, 0.2) is 0 Å². The van der Waals surface area contributed by atoms with E-state index in [1.807, 2.05) is 0 Å². The van der Waals surface area contributed by atoms with E-state index in [2.05, 4.69) is 20.8 Å². The van der Waals surface area contributed by atoms with E-state index in [0.29, 0.717) is 19.3 Å². The first-order valence-corrected chi connectivity index (χ1v) is 30.0. The predicted octanol–water partition coefficient (Wildman–Crippen LogP) is 15.1. The van der Waals surface area contributed by atoms with Gasteiger partial charge in [-0.15, -0.1) is 0 Å². The third kappa shape index (κ3) is 38.9. The van der Waals surface area contributed by atoms with Crippen LogP contribution in [0, 0.1) is 0 Å². The van der Waals surface area contributed by atoms with E-state index < -0.39 is 67.3 Å². The highest BCUT2D eigenvalue weighted by Gasteiger charge is 2.50. The molecule has 0 spiro atoms. The maximum absolute atomic E-state index is 13.1. The molecule has 0 saturated carbocycles. The number of carboxylic acid groups (broad SMARTS) is 1. The third-order valence-corrected chi connectivity index (χ3v) is 14.2. The predicted molar refractivity (Wildman–Crippen MR) is 285 cm³/mol. The largest absolute Gasteiger partial charge is 0.479 e. The summed E-state index contributed by atoms with van der Waals surface area (Å²) in [4.78, 5) is 51.0. The van der Waals surface area contributed by atoms with Crippen molar-refractivity contribution in [1.82, 2.24) is 0 Å². The molecule has 1 aliphatic rings. The fourth-order valence-electron chi connectivity index (χ4n) is 9.55. The molecule has 12 nitrogen and oxygen atoms in total. The Balaban J connectivity index is 2.61. The molecule has 1 heterocycles. The van der Waals surface area contributed by atoms with Crippen molar-refractivity contribution in [1.29, 1.82) is 0 Å². The Kier molecular flexibility index (Phi) is 45.7. The van der Waals surface area contributed by atoms with Gasteiger partial charge in [-0.2, -0.15) is 0 Å². The number of ether oxygens (including phenoxy) is 5. The lowest BCUT2D eigenvalue weighted by atomic mass is 9.98. The SMILES string of the molecule is CCCCCCCCCCCCCCCCCCCC(=O)OC1C(OCC(COC(=O)CCCCCCCCCCCCCCCCC)OC(=O)CCCCCCCCCCC)OC(C(=O)O)C(O)C1O. The molecule has 0 radical (unpaired) electrons. The van der Waals surface area contributed by atoms with E-state index in [1.165, 1.54) is 186 Å². The molecule has 3 N–H and O–H groups in total. The Morgan fingerprint density at radius 1 is 0.408 bits per heavy atom. The van der Waals surface area contributed by atoms with Crippen LogP contribution in [0.4, 0.5) is 0 Å². The molecule has 0 aromatic heterocycles.